The quantitative estimate of drug-likeness (QED) is 0.651. The minimum Gasteiger partial charge on any atom is -0.151 e. The third kappa shape index (κ3) is 1.57. The van der Waals surface area contributed by atoms with Crippen molar-refractivity contribution in [1.29, 1.82) is 0 Å². The summed E-state index contributed by atoms with van der Waals surface area (Å²) in [6.07, 6.45) is 2.53. The maximum absolute atomic E-state index is 4.91. The highest BCUT2D eigenvalue weighted by Crippen LogP contribution is 2.81. The zero-order chi connectivity index (χ0) is 10.2. The van der Waals surface area contributed by atoms with E-state index in [1.807, 2.05) is 0 Å². The SMILES string of the molecule is CC12CC3(S)SC(C)(CC(C)(S1)S3)S2. The zero-order valence-electron chi connectivity index (χ0n) is 8.49. The molecule has 0 saturated carbocycles. The molecule has 0 spiro atoms. The van der Waals surface area contributed by atoms with Crippen LogP contribution in [0.1, 0.15) is 33.6 Å². The summed E-state index contributed by atoms with van der Waals surface area (Å²) in [6, 6.07) is 0. The van der Waals surface area contributed by atoms with Crippen LogP contribution in [0, 0.1) is 0 Å². The molecule has 14 heavy (non-hydrogen) atoms. The highest BCUT2D eigenvalue weighted by Gasteiger charge is 2.65. The normalized spacial score (nSPS) is 66.0. The predicted octanol–water partition coefficient (Wildman–Crippen LogP) is 4.47. The van der Waals surface area contributed by atoms with E-state index in [4.69, 9.17) is 12.6 Å². The van der Waals surface area contributed by atoms with Crippen molar-refractivity contribution in [2.75, 3.05) is 0 Å². The summed E-state index contributed by atoms with van der Waals surface area (Å²) < 4.78 is 1.38. The van der Waals surface area contributed by atoms with E-state index in [2.05, 4.69) is 67.8 Å². The molecule has 2 atom stereocenters. The molecule has 0 aromatic rings. The van der Waals surface area contributed by atoms with E-state index in [0.717, 1.165) is 0 Å². The monoisotopic (exact) mass is 282 g/mol. The zero-order valence-corrected chi connectivity index (χ0v) is 12.7. The highest BCUT2D eigenvalue weighted by molar-refractivity contribution is 8.42. The Morgan fingerprint density at radius 1 is 0.786 bits per heavy atom. The van der Waals surface area contributed by atoms with Gasteiger partial charge in [0.05, 0.1) is 12.2 Å². The molecule has 4 rings (SSSR count). The Labute approximate surface area is 108 Å². The van der Waals surface area contributed by atoms with E-state index in [-0.39, 0.29) is 3.41 Å². The lowest BCUT2D eigenvalue weighted by Gasteiger charge is -2.65. The fourth-order valence-electron chi connectivity index (χ4n) is 2.95. The van der Waals surface area contributed by atoms with E-state index in [0.29, 0.717) is 12.2 Å². The van der Waals surface area contributed by atoms with Crippen molar-refractivity contribution in [2.45, 2.75) is 49.3 Å². The van der Waals surface area contributed by atoms with Crippen molar-refractivity contribution in [1.82, 2.24) is 0 Å². The Bertz CT molecular complexity index is 206. The largest absolute Gasteiger partial charge is 0.151 e. The van der Waals surface area contributed by atoms with E-state index < -0.39 is 0 Å². The van der Waals surface area contributed by atoms with Crippen LogP contribution < -0.4 is 0 Å². The smallest absolute Gasteiger partial charge is 0.108 e. The van der Waals surface area contributed by atoms with Gasteiger partial charge in [-0.05, 0) is 27.2 Å². The molecule has 4 aliphatic heterocycles. The maximum Gasteiger partial charge on any atom is 0.108 e. The second-order valence-corrected chi connectivity index (χ2v) is 14.9. The molecule has 2 unspecified atom stereocenters. The van der Waals surface area contributed by atoms with Crippen LogP contribution in [0.3, 0.4) is 0 Å². The first-order valence-electron chi connectivity index (χ1n) is 4.77. The van der Waals surface area contributed by atoms with Gasteiger partial charge in [-0.1, -0.05) is 0 Å². The van der Waals surface area contributed by atoms with Gasteiger partial charge < -0.3 is 0 Å². The molecule has 0 N–H and O–H groups in total. The van der Waals surface area contributed by atoms with E-state index in [1.54, 1.807) is 0 Å². The average molecular weight is 283 g/mol. The first-order chi connectivity index (χ1) is 6.24. The fraction of sp³-hybridized carbons (Fsp3) is 1.00. The molecule has 0 aromatic carbocycles. The summed E-state index contributed by atoms with van der Waals surface area (Å²) in [4.78, 5) is 0. The van der Waals surface area contributed by atoms with Crippen molar-refractivity contribution < 1.29 is 0 Å². The summed E-state index contributed by atoms with van der Waals surface area (Å²) in [5, 5.41) is 0. The van der Waals surface area contributed by atoms with Gasteiger partial charge >= 0.3 is 0 Å². The second-order valence-electron chi connectivity index (χ2n) is 4.88. The molecule has 4 fully saturated rings. The molecule has 0 amide bonds. The van der Waals surface area contributed by atoms with Crippen LogP contribution in [-0.4, -0.2) is 15.6 Å². The van der Waals surface area contributed by atoms with Gasteiger partial charge in [0.25, 0.3) is 0 Å². The van der Waals surface area contributed by atoms with Crippen LogP contribution in [-0.2, 0) is 0 Å². The minimum atomic E-state index is 0.174. The number of hydrogen-bond donors (Lipinski definition) is 1. The lowest BCUT2D eigenvalue weighted by Crippen LogP contribution is -2.55. The van der Waals surface area contributed by atoms with Crippen LogP contribution in [0.25, 0.3) is 0 Å². The van der Waals surface area contributed by atoms with Crippen LogP contribution in [0.4, 0.5) is 0 Å². The van der Waals surface area contributed by atoms with Gasteiger partial charge in [0, 0.05) is 6.42 Å². The first-order valence-corrected chi connectivity index (χ1v) is 8.48. The molecular weight excluding hydrogens is 268 g/mol. The lowest BCUT2D eigenvalue weighted by molar-refractivity contribution is 0.630. The fourth-order valence-corrected chi connectivity index (χ4v) is 17.2. The Balaban J connectivity index is 2.08. The first kappa shape index (κ1) is 10.9. The van der Waals surface area contributed by atoms with E-state index in [1.165, 1.54) is 12.8 Å². The van der Waals surface area contributed by atoms with Gasteiger partial charge in [0.1, 0.15) is 3.41 Å². The van der Waals surface area contributed by atoms with Crippen LogP contribution in [0.2, 0.25) is 0 Å². The van der Waals surface area contributed by atoms with Gasteiger partial charge in [0.2, 0.25) is 0 Å². The molecular formula is C9H14S5. The van der Waals surface area contributed by atoms with Gasteiger partial charge in [-0.25, -0.2) is 0 Å². The summed E-state index contributed by atoms with van der Waals surface area (Å²) >= 11 is 13.4. The van der Waals surface area contributed by atoms with Crippen molar-refractivity contribution in [3.05, 3.63) is 0 Å². The average Bonchev–Trinajstić information content (AvgIpc) is 1.67. The van der Waals surface area contributed by atoms with Gasteiger partial charge in [-0.3, -0.25) is 0 Å². The second kappa shape index (κ2) is 2.77. The van der Waals surface area contributed by atoms with Crippen LogP contribution in [0.5, 0.6) is 0 Å². The molecule has 4 bridgehead atoms. The van der Waals surface area contributed by atoms with Crippen molar-refractivity contribution in [2.24, 2.45) is 0 Å². The Hall–Kier alpha value is 1.75. The molecule has 4 heterocycles. The summed E-state index contributed by atoms with van der Waals surface area (Å²) in [7, 11) is 0. The van der Waals surface area contributed by atoms with E-state index >= 15 is 0 Å². The van der Waals surface area contributed by atoms with Gasteiger partial charge in [-0.15, -0.1) is 47.0 Å². The van der Waals surface area contributed by atoms with E-state index in [9.17, 15) is 0 Å². The third-order valence-electron chi connectivity index (χ3n) is 2.80. The number of thioether (sulfide) groups is 4. The Morgan fingerprint density at radius 2 is 1.21 bits per heavy atom. The molecule has 5 heteroatoms. The van der Waals surface area contributed by atoms with Crippen molar-refractivity contribution in [3.63, 3.8) is 0 Å². The lowest BCUT2D eigenvalue weighted by atomic mass is 10.2. The molecule has 0 nitrogen and oxygen atoms in total. The number of hydrogen-bond acceptors (Lipinski definition) is 5. The molecule has 0 radical (unpaired) electrons. The van der Waals surface area contributed by atoms with Gasteiger partial charge in [0.15, 0.2) is 0 Å². The topological polar surface area (TPSA) is 0 Å². The summed E-state index contributed by atoms with van der Waals surface area (Å²) in [5.74, 6) is 0. The molecule has 0 aromatic heterocycles. The number of rotatable bonds is 0. The predicted molar refractivity (Wildman–Crippen MR) is 76.5 cm³/mol. The summed E-state index contributed by atoms with van der Waals surface area (Å²) in [6.45, 7) is 7.22. The van der Waals surface area contributed by atoms with Crippen molar-refractivity contribution >= 4 is 59.7 Å². The van der Waals surface area contributed by atoms with Crippen LogP contribution in [0.15, 0.2) is 0 Å². The third-order valence-corrected chi connectivity index (χ3v) is 9.89. The Morgan fingerprint density at radius 3 is 1.57 bits per heavy atom. The Kier molecular flexibility index (Phi) is 2.15. The summed E-state index contributed by atoms with van der Waals surface area (Å²) in [5.41, 5.74) is 0. The van der Waals surface area contributed by atoms with Crippen molar-refractivity contribution in [3.8, 4) is 0 Å². The minimum absolute atomic E-state index is 0.174. The molecule has 4 aliphatic rings. The van der Waals surface area contributed by atoms with Gasteiger partial charge in [-0.2, -0.15) is 12.6 Å². The standard InChI is InChI=1S/C9H14S5/c1-6-4-7(2)12-8(3,11-6)5-9(10,13-6)14-7/h10H,4-5H2,1-3H3. The highest BCUT2D eigenvalue weighted by atomic mass is 32.3. The molecule has 0 aliphatic carbocycles. The maximum atomic E-state index is 4.91. The number of thiol groups is 1. The van der Waals surface area contributed by atoms with Crippen LogP contribution >= 0.6 is 59.7 Å². The molecule has 80 valence electrons. The molecule has 4 saturated heterocycles.